The molecule has 2 rings (SSSR count). The van der Waals surface area contributed by atoms with Gasteiger partial charge in [-0.25, -0.2) is 8.78 Å². The van der Waals surface area contributed by atoms with Crippen LogP contribution in [-0.4, -0.2) is 28.6 Å². The van der Waals surface area contributed by atoms with Gasteiger partial charge in [-0.2, -0.15) is 0 Å². The molecular weight excluding hydrogens is 338 g/mol. The van der Waals surface area contributed by atoms with E-state index in [1.165, 1.54) is 11.3 Å². The van der Waals surface area contributed by atoms with E-state index in [0.29, 0.717) is 17.6 Å². The lowest BCUT2D eigenvalue weighted by molar-refractivity contribution is -0.116. The number of anilines is 1. The fourth-order valence-electron chi connectivity index (χ4n) is 1.85. The van der Waals surface area contributed by atoms with Crippen LogP contribution in [0.3, 0.4) is 0 Å². The van der Waals surface area contributed by atoms with Crippen molar-refractivity contribution < 1.29 is 18.4 Å². The Morgan fingerprint density at radius 1 is 1.25 bits per heavy atom. The molecule has 24 heavy (non-hydrogen) atoms. The second-order valence-electron chi connectivity index (χ2n) is 4.89. The lowest BCUT2D eigenvalue weighted by atomic mass is 10.2. The van der Waals surface area contributed by atoms with E-state index >= 15 is 0 Å². The summed E-state index contributed by atoms with van der Waals surface area (Å²) in [5.74, 6) is -2.56. The van der Waals surface area contributed by atoms with Crippen LogP contribution in [0.4, 0.5) is 13.9 Å². The first-order valence-electron chi connectivity index (χ1n) is 7.35. The maximum atomic E-state index is 13.4. The Balaban J connectivity index is 1.72. The minimum atomic E-state index is -0.923. The van der Waals surface area contributed by atoms with Crippen molar-refractivity contribution in [2.45, 2.75) is 26.2 Å². The van der Waals surface area contributed by atoms with Crippen molar-refractivity contribution >= 4 is 28.3 Å². The van der Waals surface area contributed by atoms with Crippen LogP contribution in [0.5, 0.6) is 0 Å². The maximum Gasteiger partial charge on any atom is 0.254 e. The van der Waals surface area contributed by atoms with Crippen LogP contribution in [0.1, 0.15) is 35.1 Å². The lowest BCUT2D eigenvalue weighted by Gasteiger charge is -2.06. The molecule has 2 N–H and O–H groups in total. The smallest absolute Gasteiger partial charge is 0.254 e. The van der Waals surface area contributed by atoms with E-state index in [-0.39, 0.29) is 24.4 Å². The van der Waals surface area contributed by atoms with Crippen LogP contribution in [0.2, 0.25) is 0 Å². The largest absolute Gasteiger partial charge is 0.352 e. The number of aryl methyl sites for hydroxylation is 1. The molecule has 0 fully saturated rings. The number of amides is 2. The molecule has 0 spiro atoms. The summed E-state index contributed by atoms with van der Waals surface area (Å²) in [6.45, 7) is 2.14. The number of hydrogen-bond acceptors (Lipinski definition) is 5. The molecule has 1 aromatic carbocycles. The normalized spacial score (nSPS) is 10.5. The van der Waals surface area contributed by atoms with Crippen LogP contribution in [0.25, 0.3) is 0 Å². The van der Waals surface area contributed by atoms with Crippen molar-refractivity contribution in [1.82, 2.24) is 15.5 Å². The highest BCUT2D eigenvalue weighted by atomic mass is 32.1. The van der Waals surface area contributed by atoms with Crippen LogP contribution in [-0.2, 0) is 11.2 Å². The second-order valence-corrected chi connectivity index (χ2v) is 5.95. The van der Waals surface area contributed by atoms with Gasteiger partial charge in [-0.1, -0.05) is 18.3 Å². The molecule has 0 aliphatic heterocycles. The first-order valence-corrected chi connectivity index (χ1v) is 8.16. The first kappa shape index (κ1) is 17.9. The molecule has 0 aliphatic rings. The van der Waals surface area contributed by atoms with Gasteiger partial charge in [0.1, 0.15) is 16.6 Å². The van der Waals surface area contributed by atoms with Crippen molar-refractivity contribution in [3.8, 4) is 0 Å². The van der Waals surface area contributed by atoms with Gasteiger partial charge >= 0.3 is 0 Å². The first-order chi connectivity index (χ1) is 11.5. The SMILES string of the molecule is CCc1nnc(NC(=O)CCCNC(=O)c2ccc(F)cc2F)s1. The minimum absolute atomic E-state index is 0.174. The molecule has 0 radical (unpaired) electrons. The third-order valence-corrected chi connectivity index (χ3v) is 4.04. The predicted octanol–water partition coefficient (Wildman–Crippen LogP) is 2.53. The fourth-order valence-corrected chi connectivity index (χ4v) is 2.54. The third kappa shape index (κ3) is 5.05. The summed E-state index contributed by atoms with van der Waals surface area (Å²) < 4.78 is 26.2. The average molecular weight is 354 g/mol. The van der Waals surface area contributed by atoms with Gasteiger partial charge in [0.2, 0.25) is 11.0 Å². The average Bonchev–Trinajstić information content (AvgIpc) is 2.99. The van der Waals surface area contributed by atoms with Crippen molar-refractivity contribution in [1.29, 1.82) is 0 Å². The monoisotopic (exact) mass is 354 g/mol. The van der Waals surface area contributed by atoms with Crippen LogP contribution in [0.15, 0.2) is 18.2 Å². The third-order valence-electron chi connectivity index (χ3n) is 3.06. The summed E-state index contributed by atoms with van der Waals surface area (Å²) in [5, 5.41) is 14.1. The summed E-state index contributed by atoms with van der Waals surface area (Å²) in [6, 6.07) is 2.74. The summed E-state index contributed by atoms with van der Waals surface area (Å²) in [7, 11) is 0. The van der Waals surface area contributed by atoms with E-state index in [2.05, 4.69) is 20.8 Å². The number of rotatable bonds is 7. The molecule has 2 amide bonds. The van der Waals surface area contributed by atoms with Gasteiger partial charge in [-0.3, -0.25) is 9.59 Å². The van der Waals surface area contributed by atoms with Gasteiger partial charge in [-0.15, -0.1) is 10.2 Å². The van der Waals surface area contributed by atoms with Gasteiger partial charge < -0.3 is 10.6 Å². The summed E-state index contributed by atoms with van der Waals surface area (Å²) in [4.78, 5) is 23.5. The molecule has 6 nitrogen and oxygen atoms in total. The standard InChI is InChI=1S/C15H16F2N4O2S/c1-2-13-20-21-15(24-13)19-12(22)4-3-7-18-14(23)10-6-5-9(16)8-11(10)17/h5-6,8H,2-4,7H2,1H3,(H,18,23)(H,19,21,22). The van der Waals surface area contributed by atoms with Gasteiger partial charge in [-0.05, 0) is 25.0 Å². The number of carbonyl (C=O) groups excluding carboxylic acids is 2. The van der Waals surface area contributed by atoms with Crippen molar-refractivity contribution in [3.05, 3.63) is 40.4 Å². The van der Waals surface area contributed by atoms with Crippen LogP contribution >= 0.6 is 11.3 Å². The molecule has 0 saturated carbocycles. The summed E-state index contributed by atoms with van der Waals surface area (Å²) >= 11 is 1.31. The van der Waals surface area contributed by atoms with Crippen molar-refractivity contribution in [3.63, 3.8) is 0 Å². The number of hydrogen-bond donors (Lipinski definition) is 2. The van der Waals surface area contributed by atoms with Crippen molar-refractivity contribution in [2.75, 3.05) is 11.9 Å². The van der Waals surface area contributed by atoms with Crippen LogP contribution in [0, 0.1) is 11.6 Å². The molecule has 0 aliphatic carbocycles. The molecule has 128 valence electrons. The Hall–Kier alpha value is -2.42. The fraction of sp³-hybridized carbons (Fsp3) is 0.333. The highest BCUT2D eigenvalue weighted by Crippen LogP contribution is 2.15. The highest BCUT2D eigenvalue weighted by molar-refractivity contribution is 7.15. The van der Waals surface area contributed by atoms with Crippen molar-refractivity contribution in [2.24, 2.45) is 0 Å². The molecular formula is C15H16F2N4O2S. The number of benzene rings is 1. The molecule has 1 heterocycles. The number of nitrogens with one attached hydrogen (secondary N) is 2. The minimum Gasteiger partial charge on any atom is -0.352 e. The number of halogens is 2. The van der Waals surface area contributed by atoms with E-state index in [1.54, 1.807) is 0 Å². The van der Waals surface area contributed by atoms with Gasteiger partial charge in [0, 0.05) is 19.0 Å². The Labute approximate surface area is 141 Å². The topological polar surface area (TPSA) is 84.0 Å². The second kappa shape index (κ2) is 8.44. The molecule has 0 bridgehead atoms. The number of carbonyl (C=O) groups is 2. The summed E-state index contributed by atoms with van der Waals surface area (Å²) in [5.41, 5.74) is -0.234. The van der Waals surface area contributed by atoms with Crippen LogP contribution < -0.4 is 10.6 Å². The Morgan fingerprint density at radius 2 is 2.04 bits per heavy atom. The lowest BCUT2D eigenvalue weighted by Crippen LogP contribution is -2.26. The maximum absolute atomic E-state index is 13.4. The van der Waals surface area contributed by atoms with Gasteiger partial charge in [0.15, 0.2) is 0 Å². The highest BCUT2D eigenvalue weighted by Gasteiger charge is 2.12. The van der Waals surface area contributed by atoms with Gasteiger partial charge in [0.05, 0.1) is 5.56 Å². The zero-order valence-corrected chi connectivity index (χ0v) is 13.8. The quantitative estimate of drug-likeness (QED) is 0.749. The molecule has 0 unspecified atom stereocenters. The molecule has 1 aromatic heterocycles. The van der Waals surface area contributed by atoms with E-state index in [1.807, 2.05) is 6.92 Å². The zero-order valence-electron chi connectivity index (χ0n) is 12.9. The van der Waals surface area contributed by atoms with E-state index in [9.17, 15) is 18.4 Å². The predicted molar refractivity (Wildman–Crippen MR) is 85.8 cm³/mol. The Kier molecular flexibility index (Phi) is 6.30. The molecule has 0 atom stereocenters. The zero-order chi connectivity index (χ0) is 17.5. The number of aromatic nitrogens is 2. The molecule has 9 heteroatoms. The molecule has 0 saturated heterocycles. The molecule has 2 aromatic rings. The van der Waals surface area contributed by atoms with E-state index in [4.69, 9.17) is 0 Å². The van der Waals surface area contributed by atoms with Gasteiger partial charge in [0.25, 0.3) is 5.91 Å². The van der Waals surface area contributed by atoms with E-state index < -0.39 is 17.5 Å². The summed E-state index contributed by atoms with van der Waals surface area (Å²) in [6.07, 6.45) is 1.30. The van der Waals surface area contributed by atoms with E-state index in [0.717, 1.165) is 23.6 Å². The number of nitrogens with zero attached hydrogens (tertiary/aromatic N) is 2. The Bertz CT molecular complexity index is 736. The Morgan fingerprint density at radius 3 is 2.71 bits per heavy atom.